The maximum Gasteiger partial charge on any atom is 0.242 e. The van der Waals surface area contributed by atoms with E-state index in [1.807, 2.05) is 28.9 Å². The summed E-state index contributed by atoms with van der Waals surface area (Å²) in [7, 11) is 0. The summed E-state index contributed by atoms with van der Waals surface area (Å²) in [5.74, 6) is 1.32. The molecule has 1 aromatic rings. The number of piperazine rings is 1. The van der Waals surface area contributed by atoms with Crippen LogP contribution in [-0.2, 0) is 4.79 Å². The fourth-order valence-electron chi connectivity index (χ4n) is 2.35. The molecule has 0 atom stereocenters. The van der Waals surface area contributed by atoms with Gasteiger partial charge in [0, 0.05) is 19.6 Å². The summed E-state index contributed by atoms with van der Waals surface area (Å²) >= 11 is 0. The largest absolute Gasteiger partial charge is 0.345 e. The highest BCUT2D eigenvalue weighted by Gasteiger charge is 2.25. The van der Waals surface area contributed by atoms with Crippen LogP contribution in [0.3, 0.4) is 0 Å². The first-order valence-electron chi connectivity index (χ1n) is 6.91. The molecule has 2 heterocycles. The van der Waals surface area contributed by atoms with E-state index in [-0.39, 0.29) is 5.91 Å². The van der Waals surface area contributed by atoms with E-state index in [4.69, 9.17) is 5.26 Å². The van der Waals surface area contributed by atoms with E-state index in [1.165, 1.54) is 0 Å². The number of carbonyl (C=O) groups is 1. The quantitative estimate of drug-likeness (QED) is 0.838. The maximum absolute atomic E-state index is 12.1. The van der Waals surface area contributed by atoms with Gasteiger partial charge in [-0.15, -0.1) is 0 Å². The van der Waals surface area contributed by atoms with Crippen LogP contribution < -0.4 is 4.90 Å². The van der Waals surface area contributed by atoms with Gasteiger partial charge in [-0.1, -0.05) is 19.9 Å². The molecular weight excluding hydrogens is 252 g/mol. The monoisotopic (exact) mass is 272 g/mol. The molecule has 1 aliphatic rings. The molecule has 1 fully saturated rings. The van der Waals surface area contributed by atoms with Crippen molar-refractivity contribution in [3.05, 3.63) is 23.4 Å². The van der Waals surface area contributed by atoms with Crippen molar-refractivity contribution < 1.29 is 4.79 Å². The maximum atomic E-state index is 12.1. The lowest BCUT2D eigenvalue weighted by Gasteiger charge is -2.35. The van der Waals surface area contributed by atoms with Gasteiger partial charge in [-0.05, 0) is 24.5 Å². The number of rotatable bonds is 3. The molecule has 5 nitrogen and oxygen atoms in total. The van der Waals surface area contributed by atoms with E-state index in [1.54, 1.807) is 0 Å². The minimum atomic E-state index is 0.130. The first-order chi connectivity index (χ1) is 9.51. The zero-order valence-corrected chi connectivity index (χ0v) is 12.3. The fourth-order valence-corrected chi connectivity index (χ4v) is 2.35. The van der Waals surface area contributed by atoms with Crippen LogP contribution in [0, 0.1) is 24.2 Å². The molecule has 5 heteroatoms. The van der Waals surface area contributed by atoms with Gasteiger partial charge in [-0.2, -0.15) is 5.26 Å². The van der Waals surface area contributed by atoms with Crippen molar-refractivity contribution in [1.82, 2.24) is 9.88 Å². The number of carbonyl (C=O) groups excluding carboxylic acids is 1. The molecule has 1 amide bonds. The number of nitriles is 1. The predicted octanol–water partition coefficient (Wildman–Crippen LogP) is 1.57. The molecule has 0 N–H and O–H groups in total. The van der Waals surface area contributed by atoms with Gasteiger partial charge in [0.1, 0.15) is 17.6 Å². The van der Waals surface area contributed by atoms with E-state index >= 15 is 0 Å². The molecule has 1 aromatic heterocycles. The number of pyridine rings is 1. The third-order valence-corrected chi connectivity index (χ3v) is 3.42. The Kier molecular flexibility index (Phi) is 4.23. The fraction of sp³-hybridized carbons (Fsp3) is 0.533. The Bertz CT molecular complexity index is 547. The van der Waals surface area contributed by atoms with E-state index in [2.05, 4.69) is 24.9 Å². The lowest BCUT2D eigenvalue weighted by Crippen LogP contribution is -2.51. The Hall–Kier alpha value is -2.09. The molecule has 106 valence electrons. The van der Waals surface area contributed by atoms with Crippen LogP contribution in [0.4, 0.5) is 5.82 Å². The van der Waals surface area contributed by atoms with Gasteiger partial charge in [0.15, 0.2) is 0 Å². The molecule has 0 spiro atoms. The van der Waals surface area contributed by atoms with E-state index in [0.29, 0.717) is 30.5 Å². The van der Waals surface area contributed by atoms with Gasteiger partial charge < -0.3 is 9.80 Å². The number of anilines is 1. The summed E-state index contributed by atoms with van der Waals surface area (Å²) in [5.41, 5.74) is 1.29. The van der Waals surface area contributed by atoms with Gasteiger partial charge in [-0.25, -0.2) is 4.98 Å². The van der Waals surface area contributed by atoms with Gasteiger partial charge >= 0.3 is 0 Å². The number of amides is 1. The number of hydrogen-bond donors (Lipinski definition) is 0. The average Bonchev–Trinajstić information content (AvgIpc) is 2.41. The minimum Gasteiger partial charge on any atom is -0.345 e. The molecule has 1 saturated heterocycles. The number of nitrogens with zero attached hydrogens (tertiary/aromatic N) is 4. The van der Waals surface area contributed by atoms with Crippen LogP contribution >= 0.6 is 0 Å². The lowest BCUT2D eigenvalue weighted by molar-refractivity contribution is -0.131. The average molecular weight is 272 g/mol. The summed E-state index contributed by atoms with van der Waals surface area (Å²) in [6.45, 7) is 8.71. The summed E-state index contributed by atoms with van der Waals surface area (Å²) < 4.78 is 0. The lowest BCUT2D eigenvalue weighted by atomic mass is 10.2. The Morgan fingerprint density at radius 1 is 1.40 bits per heavy atom. The minimum absolute atomic E-state index is 0.130. The van der Waals surface area contributed by atoms with Crippen LogP contribution in [0.5, 0.6) is 0 Å². The first-order valence-corrected chi connectivity index (χ1v) is 6.91. The Labute approximate surface area is 119 Å². The summed E-state index contributed by atoms with van der Waals surface area (Å²) in [6, 6.07) is 5.85. The van der Waals surface area contributed by atoms with Crippen LogP contribution in [-0.4, -0.2) is 42.0 Å². The Morgan fingerprint density at radius 3 is 2.75 bits per heavy atom. The zero-order chi connectivity index (χ0) is 14.7. The molecule has 2 rings (SSSR count). The van der Waals surface area contributed by atoms with Crippen LogP contribution in [0.2, 0.25) is 0 Å². The van der Waals surface area contributed by atoms with Gasteiger partial charge in [0.25, 0.3) is 0 Å². The number of aromatic nitrogens is 1. The van der Waals surface area contributed by atoms with Gasteiger partial charge in [-0.3, -0.25) is 4.79 Å². The van der Waals surface area contributed by atoms with Crippen molar-refractivity contribution in [2.45, 2.75) is 20.8 Å². The van der Waals surface area contributed by atoms with Crippen molar-refractivity contribution in [2.24, 2.45) is 5.92 Å². The van der Waals surface area contributed by atoms with Crippen LogP contribution in [0.1, 0.15) is 25.1 Å². The SMILES string of the molecule is Cc1ccc(N2CCN(CC(C)C)C(=O)C2)nc1C#N. The van der Waals surface area contributed by atoms with Gasteiger partial charge in [0.2, 0.25) is 5.91 Å². The molecule has 0 saturated carbocycles. The molecule has 0 aromatic carbocycles. The van der Waals surface area contributed by atoms with E-state index in [9.17, 15) is 4.79 Å². The highest BCUT2D eigenvalue weighted by molar-refractivity contribution is 5.82. The third kappa shape index (κ3) is 3.08. The number of aryl methyl sites for hydroxylation is 1. The van der Waals surface area contributed by atoms with Crippen molar-refractivity contribution in [3.63, 3.8) is 0 Å². The highest BCUT2D eigenvalue weighted by Crippen LogP contribution is 2.17. The smallest absolute Gasteiger partial charge is 0.242 e. The van der Waals surface area contributed by atoms with E-state index in [0.717, 1.165) is 18.7 Å². The van der Waals surface area contributed by atoms with Crippen LogP contribution in [0.15, 0.2) is 12.1 Å². The standard InChI is InChI=1S/C15H20N4O/c1-11(2)9-19-7-6-18(10-15(19)20)14-5-4-12(3)13(8-16)17-14/h4-5,11H,6-7,9-10H2,1-3H3. The predicted molar refractivity (Wildman–Crippen MR) is 77.3 cm³/mol. The summed E-state index contributed by atoms with van der Waals surface area (Å²) in [6.07, 6.45) is 0. The summed E-state index contributed by atoms with van der Waals surface area (Å²) in [4.78, 5) is 20.3. The van der Waals surface area contributed by atoms with Crippen LogP contribution in [0.25, 0.3) is 0 Å². The zero-order valence-electron chi connectivity index (χ0n) is 12.3. The first kappa shape index (κ1) is 14.3. The normalized spacial score (nSPS) is 15.7. The van der Waals surface area contributed by atoms with Gasteiger partial charge in [0.05, 0.1) is 6.54 Å². The second kappa shape index (κ2) is 5.91. The molecule has 20 heavy (non-hydrogen) atoms. The summed E-state index contributed by atoms with van der Waals surface area (Å²) in [5, 5.41) is 9.03. The van der Waals surface area contributed by atoms with Crippen molar-refractivity contribution in [1.29, 1.82) is 5.26 Å². The molecule has 0 bridgehead atoms. The van der Waals surface area contributed by atoms with Crippen molar-refractivity contribution in [2.75, 3.05) is 31.1 Å². The highest BCUT2D eigenvalue weighted by atomic mass is 16.2. The molecular formula is C15H20N4O. The molecule has 0 radical (unpaired) electrons. The van der Waals surface area contributed by atoms with Crippen molar-refractivity contribution >= 4 is 11.7 Å². The molecule has 0 aliphatic carbocycles. The molecule has 1 aliphatic heterocycles. The Balaban J connectivity index is 2.10. The topological polar surface area (TPSA) is 60.2 Å². The van der Waals surface area contributed by atoms with Crippen molar-refractivity contribution in [3.8, 4) is 6.07 Å². The second-order valence-electron chi connectivity index (χ2n) is 5.60. The van der Waals surface area contributed by atoms with E-state index < -0.39 is 0 Å². The Morgan fingerprint density at radius 2 is 2.15 bits per heavy atom. The second-order valence-corrected chi connectivity index (χ2v) is 5.60. The number of hydrogen-bond acceptors (Lipinski definition) is 4. The third-order valence-electron chi connectivity index (χ3n) is 3.42. The molecule has 0 unspecified atom stereocenters.